The lowest BCUT2D eigenvalue weighted by Crippen LogP contribution is -2.19. The summed E-state index contributed by atoms with van der Waals surface area (Å²) in [6.07, 6.45) is 3.95. The summed E-state index contributed by atoms with van der Waals surface area (Å²) < 4.78 is 0. The zero-order valence-corrected chi connectivity index (χ0v) is 8.02. The molecule has 0 bridgehead atoms. The molecule has 0 aliphatic heterocycles. The van der Waals surface area contributed by atoms with Gasteiger partial charge in [-0.15, -0.1) is 0 Å². The molecule has 1 unspecified atom stereocenters. The van der Waals surface area contributed by atoms with Crippen LogP contribution in [0.3, 0.4) is 0 Å². The van der Waals surface area contributed by atoms with Crippen molar-refractivity contribution in [2.45, 2.75) is 25.4 Å². The molecular formula is C12H14O2. The average molecular weight is 190 g/mol. The van der Waals surface area contributed by atoms with Gasteiger partial charge >= 0.3 is 0 Å². The summed E-state index contributed by atoms with van der Waals surface area (Å²) in [7, 11) is 0. The second-order valence-corrected chi connectivity index (χ2v) is 3.92. The van der Waals surface area contributed by atoms with Crippen molar-refractivity contribution < 1.29 is 9.90 Å². The van der Waals surface area contributed by atoms with Gasteiger partial charge in [-0.1, -0.05) is 30.7 Å². The van der Waals surface area contributed by atoms with E-state index in [4.69, 9.17) is 0 Å². The molecule has 0 aromatic heterocycles. The fraction of sp³-hybridized carbons (Fsp3) is 0.417. The maximum absolute atomic E-state index is 10.4. The minimum absolute atomic E-state index is 0.343. The average Bonchev–Trinajstić information content (AvgIpc) is 2.15. The molecule has 14 heavy (non-hydrogen) atoms. The van der Waals surface area contributed by atoms with Gasteiger partial charge in [0.15, 0.2) is 0 Å². The van der Waals surface area contributed by atoms with E-state index < -0.39 is 0 Å². The van der Waals surface area contributed by atoms with Crippen molar-refractivity contribution in [3.05, 3.63) is 35.4 Å². The molecule has 2 nitrogen and oxygen atoms in total. The monoisotopic (exact) mass is 190 g/mol. The van der Waals surface area contributed by atoms with Gasteiger partial charge in [0.1, 0.15) is 6.29 Å². The predicted molar refractivity (Wildman–Crippen MR) is 54.1 cm³/mol. The fourth-order valence-electron chi connectivity index (χ4n) is 1.80. The number of aliphatic hydroxyl groups excluding tert-OH is 1. The maximum atomic E-state index is 10.4. The van der Waals surface area contributed by atoms with Crippen LogP contribution in [0.1, 0.15) is 41.3 Å². The highest BCUT2D eigenvalue weighted by atomic mass is 16.3. The Balaban J connectivity index is 2.11. The predicted octanol–water partition coefficient (Wildman–Crippen LogP) is 2.33. The van der Waals surface area contributed by atoms with Gasteiger partial charge < -0.3 is 5.11 Å². The zero-order valence-electron chi connectivity index (χ0n) is 8.02. The lowest BCUT2D eigenvalue weighted by molar-refractivity contribution is 0.0621. The quantitative estimate of drug-likeness (QED) is 0.743. The third-order valence-electron chi connectivity index (χ3n) is 3.01. The van der Waals surface area contributed by atoms with E-state index in [1.165, 1.54) is 6.42 Å². The minimum atomic E-state index is -0.343. The van der Waals surface area contributed by atoms with Crippen LogP contribution in [0.2, 0.25) is 0 Å². The summed E-state index contributed by atoms with van der Waals surface area (Å²) in [5.41, 5.74) is 1.59. The lowest BCUT2D eigenvalue weighted by Gasteiger charge is -2.30. The van der Waals surface area contributed by atoms with Gasteiger partial charge in [-0.3, -0.25) is 4.79 Å². The molecule has 2 rings (SSSR count). The highest BCUT2D eigenvalue weighted by Crippen LogP contribution is 2.37. The number of aliphatic hydroxyl groups is 1. The van der Waals surface area contributed by atoms with Crippen LogP contribution in [-0.4, -0.2) is 11.4 Å². The molecule has 2 heteroatoms. The van der Waals surface area contributed by atoms with E-state index in [-0.39, 0.29) is 6.10 Å². The van der Waals surface area contributed by atoms with E-state index in [1.54, 1.807) is 12.1 Å². The SMILES string of the molecule is O=Cc1ccc(C(O)C2CCC2)cc1. The van der Waals surface area contributed by atoms with Crippen LogP contribution in [0, 0.1) is 5.92 Å². The third-order valence-corrected chi connectivity index (χ3v) is 3.01. The van der Waals surface area contributed by atoms with Crippen molar-refractivity contribution in [3.63, 3.8) is 0 Å². The standard InChI is InChI=1S/C12H14O2/c13-8-9-4-6-11(7-5-9)12(14)10-2-1-3-10/h4-8,10,12,14H,1-3H2. The summed E-state index contributed by atoms with van der Waals surface area (Å²) in [5, 5.41) is 9.92. The molecule has 1 atom stereocenters. The van der Waals surface area contributed by atoms with Crippen molar-refractivity contribution in [1.29, 1.82) is 0 Å². The van der Waals surface area contributed by atoms with Crippen LogP contribution in [-0.2, 0) is 0 Å². The van der Waals surface area contributed by atoms with E-state index in [2.05, 4.69) is 0 Å². The molecule has 0 spiro atoms. The van der Waals surface area contributed by atoms with E-state index in [0.29, 0.717) is 11.5 Å². The van der Waals surface area contributed by atoms with Crippen LogP contribution in [0.4, 0.5) is 0 Å². The van der Waals surface area contributed by atoms with Gasteiger partial charge in [-0.25, -0.2) is 0 Å². The first kappa shape index (κ1) is 9.41. The van der Waals surface area contributed by atoms with Crippen LogP contribution < -0.4 is 0 Å². The van der Waals surface area contributed by atoms with E-state index in [9.17, 15) is 9.90 Å². The third kappa shape index (κ3) is 1.70. The van der Waals surface area contributed by atoms with E-state index in [0.717, 1.165) is 24.7 Å². The Morgan fingerprint density at radius 3 is 2.36 bits per heavy atom. The van der Waals surface area contributed by atoms with Gasteiger partial charge in [0.2, 0.25) is 0 Å². The zero-order chi connectivity index (χ0) is 9.97. The number of aldehydes is 1. The van der Waals surface area contributed by atoms with Crippen LogP contribution in [0.15, 0.2) is 24.3 Å². The molecule has 1 aromatic carbocycles. The Hall–Kier alpha value is -1.15. The molecule has 1 aromatic rings. The van der Waals surface area contributed by atoms with Crippen molar-refractivity contribution in [2.24, 2.45) is 5.92 Å². The Labute approximate surface area is 83.6 Å². The molecule has 1 aliphatic carbocycles. The first-order valence-electron chi connectivity index (χ1n) is 5.04. The smallest absolute Gasteiger partial charge is 0.150 e. The molecule has 0 radical (unpaired) electrons. The molecule has 1 saturated carbocycles. The molecule has 1 fully saturated rings. The van der Waals surface area contributed by atoms with Gasteiger partial charge in [-0.05, 0) is 24.3 Å². The minimum Gasteiger partial charge on any atom is -0.388 e. The fourth-order valence-corrected chi connectivity index (χ4v) is 1.80. The van der Waals surface area contributed by atoms with Gasteiger partial charge in [0, 0.05) is 5.56 Å². The first-order valence-corrected chi connectivity index (χ1v) is 5.04. The number of carbonyl (C=O) groups excluding carboxylic acids is 1. The summed E-state index contributed by atoms with van der Waals surface area (Å²) >= 11 is 0. The number of carbonyl (C=O) groups is 1. The van der Waals surface area contributed by atoms with Crippen molar-refractivity contribution >= 4 is 6.29 Å². The Morgan fingerprint density at radius 1 is 1.29 bits per heavy atom. The van der Waals surface area contributed by atoms with Crippen LogP contribution >= 0.6 is 0 Å². The van der Waals surface area contributed by atoms with Crippen molar-refractivity contribution in [2.75, 3.05) is 0 Å². The molecule has 1 N–H and O–H groups in total. The van der Waals surface area contributed by atoms with Crippen LogP contribution in [0.25, 0.3) is 0 Å². The summed E-state index contributed by atoms with van der Waals surface area (Å²) in [4.78, 5) is 10.4. The number of hydrogen-bond acceptors (Lipinski definition) is 2. The van der Waals surface area contributed by atoms with E-state index >= 15 is 0 Å². The highest BCUT2D eigenvalue weighted by molar-refractivity contribution is 5.74. The lowest BCUT2D eigenvalue weighted by atomic mass is 9.79. The first-order chi connectivity index (χ1) is 6.81. The molecule has 1 aliphatic rings. The van der Waals surface area contributed by atoms with Gasteiger partial charge in [0.25, 0.3) is 0 Å². The second-order valence-electron chi connectivity index (χ2n) is 3.92. The van der Waals surface area contributed by atoms with Crippen molar-refractivity contribution in [1.82, 2.24) is 0 Å². The molecule has 0 saturated heterocycles. The summed E-state index contributed by atoms with van der Waals surface area (Å²) in [6.45, 7) is 0. The number of benzene rings is 1. The number of hydrogen-bond donors (Lipinski definition) is 1. The Morgan fingerprint density at radius 2 is 1.93 bits per heavy atom. The summed E-state index contributed by atoms with van der Waals surface area (Å²) in [5.74, 6) is 0.428. The molecular weight excluding hydrogens is 176 g/mol. The molecule has 0 amide bonds. The number of rotatable bonds is 3. The maximum Gasteiger partial charge on any atom is 0.150 e. The highest BCUT2D eigenvalue weighted by Gasteiger charge is 2.26. The topological polar surface area (TPSA) is 37.3 Å². The Kier molecular flexibility index (Phi) is 2.64. The summed E-state index contributed by atoms with van der Waals surface area (Å²) in [6, 6.07) is 7.19. The van der Waals surface area contributed by atoms with E-state index in [1.807, 2.05) is 12.1 Å². The van der Waals surface area contributed by atoms with Gasteiger partial charge in [-0.2, -0.15) is 0 Å². The van der Waals surface area contributed by atoms with Crippen LogP contribution in [0.5, 0.6) is 0 Å². The molecule has 0 heterocycles. The largest absolute Gasteiger partial charge is 0.388 e. The van der Waals surface area contributed by atoms with Crippen molar-refractivity contribution in [3.8, 4) is 0 Å². The Bertz CT molecular complexity index is 312. The second kappa shape index (κ2) is 3.93. The van der Waals surface area contributed by atoms with Gasteiger partial charge in [0.05, 0.1) is 6.10 Å². The molecule has 74 valence electrons. The normalized spacial score (nSPS) is 18.6.